The van der Waals surface area contributed by atoms with Crippen molar-refractivity contribution >= 4 is 38.9 Å². The topological polar surface area (TPSA) is 91.6 Å². The minimum Gasteiger partial charge on any atom is -0.396 e. The van der Waals surface area contributed by atoms with E-state index in [9.17, 15) is 19.5 Å². The highest BCUT2D eigenvalue weighted by molar-refractivity contribution is 7.22. The van der Waals surface area contributed by atoms with Gasteiger partial charge in [0.15, 0.2) is 5.78 Å². The second-order valence-electron chi connectivity index (χ2n) is 12.3. The van der Waals surface area contributed by atoms with Crippen molar-refractivity contribution in [3.8, 4) is 10.4 Å². The van der Waals surface area contributed by atoms with Gasteiger partial charge in [0.2, 0.25) is 11.3 Å². The number of benzene rings is 4. The fourth-order valence-electron chi connectivity index (χ4n) is 5.83. The summed E-state index contributed by atoms with van der Waals surface area (Å²) >= 11 is 1.30. The summed E-state index contributed by atoms with van der Waals surface area (Å²) in [5.74, 6) is -2.87. The molecular formula is C40H35F2N3O4S. The third-order valence-corrected chi connectivity index (χ3v) is 9.85. The Kier molecular flexibility index (Phi) is 10.4. The molecule has 1 amide bonds. The summed E-state index contributed by atoms with van der Waals surface area (Å²) in [4.78, 5) is 44.1. The zero-order valence-electron chi connectivity index (χ0n) is 27.5. The van der Waals surface area contributed by atoms with Crippen LogP contribution in [0.4, 0.5) is 14.5 Å². The number of rotatable bonds is 12. The van der Waals surface area contributed by atoms with Crippen LogP contribution in [0.3, 0.4) is 0 Å². The van der Waals surface area contributed by atoms with Crippen LogP contribution in [-0.4, -0.2) is 39.9 Å². The molecule has 0 fully saturated rings. The van der Waals surface area contributed by atoms with Crippen LogP contribution >= 0.6 is 11.3 Å². The van der Waals surface area contributed by atoms with Crippen molar-refractivity contribution in [3.63, 3.8) is 0 Å². The van der Waals surface area contributed by atoms with E-state index >= 15 is 8.78 Å². The molecule has 0 aliphatic carbocycles. The number of ketones is 1. The van der Waals surface area contributed by atoms with E-state index in [1.54, 1.807) is 54.0 Å². The van der Waals surface area contributed by atoms with Gasteiger partial charge in [0.25, 0.3) is 0 Å². The monoisotopic (exact) mass is 691 g/mol. The van der Waals surface area contributed by atoms with Crippen LogP contribution < -0.4 is 10.7 Å². The Morgan fingerprint density at radius 1 is 0.860 bits per heavy atom. The molecule has 254 valence electrons. The summed E-state index contributed by atoms with van der Waals surface area (Å²) in [5.41, 5.74) is 2.59. The van der Waals surface area contributed by atoms with Gasteiger partial charge in [-0.2, -0.15) is 0 Å². The number of fused-ring (bicyclic) bond motifs is 1. The quantitative estimate of drug-likeness (QED) is 0.130. The van der Waals surface area contributed by atoms with Gasteiger partial charge in [-0.25, -0.2) is 8.78 Å². The van der Waals surface area contributed by atoms with Crippen molar-refractivity contribution < 1.29 is 23.5 Å². The Balaban J connectivity index is 1.55. The molecule has 0 aliphatic rings. The summed E-state index contributed by atoms with van der Waals surface area (Å²) in [7, 11) is 1.94. The van der Waals surface area contributed by atoms with Crippen LogP contribution in [0.25, 0.3) is 20.7 Å². The van der Waals surface area contributed by atoms with Gasteiger partial charge >= 0.3 is 0 Å². The van der Waals surface area contributed by atoms with Crippen LogP contribution in [0.1, 0.15) is 39.5 Å². The standard InChI is InChI=1S/C40H35F2N3O4S/c1-25(24-46)39(49)43-29-18-16-28(17-19-29)38-31(21-44(2)20-26-10-5-3-6-11-26)35-37(48)32(36(47)27-12-7-4-8-13-27)23-45(40(35)50-38)22-30-33(41)14-9-15-34(30)42/h3-19,23,25,46H,20-22,24H2,1-2H3,(H,43,49). The van der Waals surface area contributed by atoms with Crippen LogP contribution in [0.2, 0.25) is 0 Å². The molecule has 2 heterocycles. The zero-order chi connectivity index (χ0) is 35.4. The van der Waals surface area contributed by atoms with Crippen LogP contribution in [0, 0.1) is 17.6 Å². The van der Waals surface area contributed by atoms with E-state index in [-0.39, 0.29) is 30.2 Å². The van der Waals surface area contributed by atoms with E-state index in [4.69, 9.17) is 0 Å². The second kappa shape index (κ2) is 15.1. The lowest BCUT2D eigenvalue weighted by molar-refractivity contribution is -0.120. The molecule has 2 aromatic heterocycles. The zero-order valence-corrected chi connectivity index (χ0v) is 28.3. The molecule has 6 rings (SSSR count). The number of hydrogen-bond donors (Lipinski definition) is 2. The molecule has 2 N–H and O–H groups in total. The maximum Gasteiger partial charge on any atom is 0.229 e. The van der Waals surface area contributed by atoms with Gasteiger partial charge < -0.3 is 15.0 Å². The van der Waals surface area contributed by atoms with Gasteiger partial charge in [-0.3, -0.25) is 19.3 Å². The maximum absolute atomic E-state index is 15.0. The summed E-state index contributed by atoms with van der Waals surface area (Å²) in [6.07, 6.45) is 1.41. The van der Waals surface area contributed by atoms with Crippen molar-refractivity contribution in [2.24, 2.45) is 5.92 Å². The number of hydrogen-bond acceptors (Lipinski definition) is 6. The summed E-state index contributed by atoms with van der Waals surface area (Å²) in [6, 6.07) is 29.1. The third kappa shape index (κ3) is 7.33. The minimum atomic E-state index is -0.736. The van der Waals surface area contributed by atoms with Crippen molar-refractivity contribution in [1.29, 1.82) is 0 Å². The SMILES string of the molecule is CC(CO)C(=O)Nc1ccc(-c2sc3c(c2CN(C)Cc2ccccc2)c(=O)c(C(=O)c2ccccc2)cn3Cc2c(F)cccc2F)cc1. The molecule has 0 saturated heterocycles. The lowest BCUT2D eigenvalue weighted by Crippen LogP contribution is -2.23. The highest BCUT2D eigenvalue weighted by Gasteiger charge is 2.26. The first-order chi connectivity index (χ1) is 24.1. The number of aliphatic hydroxyl groups is 1. The summed E-state index contributed by atoms with van der Waals surface area (Å²) in [5, 5.41) is 12.5. The Hall–Kier alpha value is -5.29. The van der Waals surface area contributed by atoms with E-state index in [0.29, 0.717) is 40.1 Å². The average molecular weight is 692 g/mol. The lowest BCUT2D eigenvalue weighted by atomic mass is 10.00. The predicted octanol–water partition coefficient (Wildman–Crippen LogP) is 7.49. The molecule has 0 bridgehead atoms. The van der Waals surface area contributed by atoms with Gasteiger partial charge in [0, 0.05) is 41.0 Å². The Bertz CT molecular complexity index is 2200. The number of carbonyl (C=O) groups excluding carboxylic acids is 2. The van der Waals surface area contributed by atoms with Gasteiger partial charge in [0.1, 0.15) is 16.5 Å². The average Bonchev–Trinajstić information content (AvgIpc) is 3.50. The number of carbonyl (C=O) groups is 2. The normalized spacial score (nSPS) is 12.0. The Labute approximate surface area is 292 Å². The first kappa shape index (κ1) is 34.6. The number of aromatic nitrogens is 1. The maximum atomic E-state index is 15.0. The van der Waals surface area contributed by atoms with Crippen molar-refractivity contribution in [2.45, 2.75) is 26.6 Å². The highest BCUT2D eigenvalue weighted by atomic mass is 32.1. The molecule has 0 aliphatic heterocycles. The van der Waals surface area contributed by atoms with E-state index in [2.05, 4.69) is 10.2 Å². The Morgan fingerprint density at radius 2 is 1.50 bits per heavy atom. The number of nitrogens with zero attached hydrogens (tertiary/aromatic N) is 2. The molecule has 10 heteroatoms. The fourth-order valence-corrected chi connectivity index (χ4v) is 7.12. The molecule has 0 spiro atoms. The van der Waals surface area contributed by atoms with Crippen LogP contribution in [0.5, 0.6) is 0 Å². The number of anilines is 1. The molecule has 50 heavy (non-hydrogen) atoms. The van der Waals surface area contributed by atoms with Crippen molar-refractivity contribution in [2.75, 3.05) is 19.0 Å². The molecule has 1 atom stereocenters. The highest BCUT2D eigenvalue weighted by Crippen LogP contribution is 2.39. The molecule has 6 aromatic rings. The molecule has 4 aromatic carbocycles. The lowest BCUT2D eigenvalue weighted by Gasteiger charge is -2.18. The first-order valence-corrected chi connectivity index (χ1v) is 16.9. The largest absolute Gasteiger partial charge is 0.396 e. The summed E-state index contributed by atoms with van der Waals surface area (Å²) in [6.45, 7) is 1.98. The number of halogens is 2. The second-order valence-corrected chi connectivity index (χ2v) is 13.3. The van der Waals surface area contributed by atoms with Gasteiger partial charge in [-0.15, -0.1) is 11.3 Å². The third-order valence-electron chi connectivity index (χ3n) is 8.54. The molecule has 0 saturated carbocycles. The minimum absolute atomic E-state index is 0.104. The molecule has 1 unspecified atom stereocenters. The molecule has 7 nitrogen and oxygen atoms in total. The number of aliphatic hydroxyl groups excluding tert-OH is 1. The number of thiophene rings is 1. The van der Waals surface area contributed by atoms with Crippen LogP contribution in [0.15, 0.2) is 114 Å². The van der Waals surface area contributed by atoms with E-state index in [0.717, 1.165) is 16.0 Å². The van der Waals surface area contributed by atoms with Gasteiger partial charge in [0.05, 0.1) is 30.0 Å². The van der Waals surface area contributed by atoms with E-state index in [1.807, 2.05) is 49.5 Å². The first-order valence-electron chi connectivity index (χ1n) is 16.1. The van der Waals surface area contributed by atoms with Gasteiger partial charge in [-0.05, 0) is 48.0 Å². The van der Waals surface area contributed by atoms with Crippen molar-refractivity contribution in [3.05, 3.63) is 159 Å². The smallest absolute Gasteiger partial charge is 0.229 e. The van der Waals surface area contributed by atoms with E-state index < -0.39 is 28.8 Å². The van der Waals surface area contributed by atoms with E-state index in [1.165, 1.54) is 35.7 Å². The van der Waals surface area contributed by atoms with Gasteiger partial charge in [-0.1, -0.05) is 85.8 Å². The van der Waals surface area contributed by atoms with Crippen LogP contribution in [-0.2, 0) is 24.4 Å². The number of amides is 1. The molecule has 0 radical (unpaired) electrons. The fraction of sp³-hybridized carbons (Fsp3) is 0.175. The Morgan fingerprint density at radius 3 is 2.14 bits per heavy atom. The predicted molar refractivity (Wildman–Crippen MR) is 193 cm³/mol. The van der Waals surface area contributed by atoms with Crippen molar-refractivity contribution in [1.82, 2.24) is 9.47 Å². The number of pyridine rings is 1. The molecular weight excluding hydrogens is 657 g/mol. The number of nitrogens with one attached hydrogen (secondary N) is 1. The summed E-state index contributed by atoms with van der Waals surface area (Å²) < 4.78 is 31.7.